The van der Waals surface area contributed by atoms with Gasteiger partial charge in [0.25, 0.3) is 11.8 Å². The summed E-state index contributed by atoms with van der Waals surface area (Å²) < 4.78 is 5.01. The highest BCUT2D eigenvalue weighted by Gasteiger charge is 2.34. The van der Waals surface area contributed by atoms with Crippen LogP contribution in [0.1, 0.15) is 5.56 Å². The zero-order valence-corrected chi connectivity index (χ0v) is 13.8. The number of nitrogens with zero attached hydrogens (tertiary/aromatic N) is 3. The highest BCUT2D eigenvalue weighted by Crippen LogP contribution is 2.29. The van der Waals surface area contributed by atoms with Crippen molar-refractivity contribution in [1.29, 1.82) is 5.26 Å². The molecule has 1 N–H and O–H groups in total. The lowest BCUT2D eigenvalue weighted by Gasteiger charge is -2.13. The molecule has 9 nitrogen and oxygen atoms in total. The molecule has 1 aliphatic heterocycles. The highest BCUT2D eigenvalue weighted by molar-refractivity contribution is 6.31. The van der Waals surface area contributed by atoms with E-state index in [2.05, 4.69) is 5.43 Å². The van der Waals surface area contributed by atoms with Gasteiger partial charge >= 0.3 is 5.69 Å². The van der Waals surface area contributed by atoms with Gasteiger partial charge in [-0.05, 0) is 29.8 Å². The average molecular weight is 364 g/mol. The largest absolute Gasteiger partial charge is 0.472 e. The Hall–Kier alpha value is -4.19. The topological polar surface area (TPSA) is 126 Å². The number of ether oxygens (including phenoxy) is 1. The predicted molar refractivity (Wildman–Crippen MR) is 94.3 cm³/mol. The fourth-order valence-electron chi connectivity index (χ4n) is 2.48. The molecule has 0 saturated carbocycles. The van der Waals surface area contributed by atoms with Crippen molar-refractivity contribution >= 4 is 29.3 Å². The first-order chi connectivity index (χ1) is 13.0. The SMILES string of the molecule is N#CCOc1ccc(C=C2C(=O)NN(c3ccccc3)C2=O)cc1[N+](=O)[O-]. The summed E-state index contributed by atoms with van der Waals surface area (Å²) in [6.07, 6.45) is 1.27. The number of benzene rings is 2. The zero-order valence-electron chi connectivity index (χ0n) is 13.8. The van der Waals surface area contributed by atoms with Crippen LogP contribution in [0, 0.1) is 21.4 Å². The van der Waals surface area contributed by atoms with Crippen molar-refractivity contribution in [3.05, 3.63) is 69.8 Å². The third-order valence-electron chi connectivity index (χ3n) is 3.69. The van der Waals surface area contributed by atoms with Crippen LogP contribution in [0.5, 0.6) is 5.75 Å². The summed E-state index contributed by atoms with van der Waals surface area (Å²) in [5, 5.41) is 20.8. The molecule has 0 aliphatic carbocycles. The number of nitro benzene ring substituents is 1. The van der Waals surface area contributed by atoms with Crippen LogP contribution >= 0.6 is 0 Å². The van der Waals surface area contributed by atoms with Gasteiger partial charge in [-0.1, -0.05) is 24.3 Å². The van der Waals surface area contributed by atoms with Crippen molar-refractivity contribution in [3.63, 3.8) is 0 Å². The number of rotatable bonds is 5. The second kappa shape index (κ2) is 7.37. The van der Waals surface area contributed by atoms with E-state index < -0.39 is 16.7 Å². The smallest absolute Gasteiger partial charge is 0.311 e. The van der Waals surface area contributed by atoms with E-state index >= 15 is 0 Å². The predicted octanol–water partition coefficient (Wildman–Crippen LogP) is 1.96. The molecule has 0 spiro atoms. The molecule has 1 saturated heterocycles. The summed E-state index contributed by atoms with van der Waals surface area (Å²) in [6.45, 7) is -0.339. The van der Waals surface area contributed by atoms with Crippen LogP contribution in [0.4, 0.5) is 11.4 Å². The Morgan fingerprint density at radius 2 is 1.96 bits per heavy atom. The van der Waals surface area contributed by atoms with Crippen molar-refractivity contribution in [1.82, 2.24) is 5.43 Å². The van der Waals surface area contributed by atoms with E-state index in [-0.39, 0.29) is 29.2 Å². The van der Waals surface area contributed by atoms with Crippen LogP contribution < -0.4 is 15.2 Å². The Labute approximate surface area is 153 Å². The number of amides is 2. The van der Waals surface area contributed by atoms with Gasteiger partial charge in [-0.15, -0.1) is 0 Å². The molecular weight excluding hydrogens is 352 g/mol. The van der Waals surface area contributed by atoms with Crippen molar-refractivity contribution in [3.8, 4) is 11.8 Å². The quantitative estimate of drug-likeness (QED) is 0.374. The van der Waals surface area contributed by atoms with E-state index in [1.165, 1.54) is 24.3 Å². The van der Waals surface area contributed by atoms with E-state index in [1.807, 2.05) is 0 Å². The van der Waals surface area contributed by atoms with Crippen LogP contribution in [-0.4, -0.2) is 23.3 Å². The number of hydrogen-bond donors (Lipinski definition) is 1. The van der Waals surface area contributed by atoms with E-state index in [4.69, 9.17) is 10.00 Å². The minimum absolute atomic E-state index is 0.0724. The molecule has 2 amide bonds. The molecule has 1 fully saturated rings. The van der Waals surface area contributed by atoms with E-state index in [0.717, 1.165) is 5.01 Å². The first-order valence-electron chi connectivity index (χ1n) is 7.71. The standard InChI is InChI=1S/C18H12N4O5/c19-8-9-27-16-7-6-12(11-15(16)22(25)26)10-14-17(23)20-21(18(14)24)13-4-2-1-3-5-13/h1-7,10-11H,9H2,(H,20,23). The molecular formula is C18H12N4O5. The molecule has 9 heteroatoms. The zero-order chi connectivity index (χ0) is 19.4. The summed E-state index contributed by atoms with van der Waals surface area (Å²) in [5.74, 6) is -1.26. The second-order valence-electron chi connectivity index (χ2n) is 5.41. The molecule has 0 atom stereocenters. The Bertz CT molecular complexity index is 995. The number of hydrogen-bond acceptors (Lipinski definition) is 6. The minimum atomic E-state index is -0.665. The summed E-state index contributed by atoms with van der Waals surface area (Å²) >= 11 is 0. The lowest BCUT2D eigenvalue weighted by molar-refractivity contribution is -0.385. The maximum Gasteiger partial charge on any atom is 0.311 e. The van der Waals surface area contributed by atoms with E-state index in [9.17, 15) is 19.7 Å². The molecule has 2 aromatic carbocycles. The second-order valence-corrected chi connectivity index (χ2v) is 5.41. The van der Waals surface area contributed by atoms with E-state index in [0.29, 0.717) is 5.69 Å². The number of anilines is 1. The Balaban J connectivity index is 1.93. The molecule has 0 bridgehead atoms. The van der Waals surface area contributed by atoms with Crippen molar-refractivity contribution in [2.75, 3.05) is 11.6 Å². The molecule has 0 aromatic heterocycles. The lowest BCUT2D eigenvalue weighted by atomic mass is 10.1. The van der Waals surface area contributed by atoms with Crippen molar-refractivity contribution in [2.24, 2.45) is 0 Å². The molecule has 3 rings (SSSR count). The van der Waals surface area contributed by atoms with Crippen LogP contribution in [0.15, 0.2) is 54.1 Å². The monoisotopic (exact) mass is 364 g/mol. The van der Waals surface area contributed by atoms with Gasteiger partial charge in [0.05, 0.1) is 10.6 Å². The Morgan fingerprint density at radius 1 is 1.22 bits per heavy atom. The Morgan fingerprint density at radius 3 is 2.63 bits per heavy atom. The van der Waals surface area contributed by atoms with E-state index in [1.54, 1.807) is 36.4 Å². The number of carbonyl (C=O) groups is 2. The van der Waals surface area contributed by atoms with Crippen molar-refractivity contribution < 1.29 is 19.2 Å². The number of hydrazine groups is 1. The average Bonchev–Trinajstić information content (AvgIpc) is 2.95. The van der Waals surface area contributed by atoms with Gasteiger partial charge in [0.1, 0.15) is 11.6 Å². The summed E-state index contributed by atoms with van der Waals surface area (Å²) in [4.78, 5) is 35.2. The van der Waals surface area contributed by atoms with Gasteiger partial charge in [-0.2, -0.15) is 5.26 Å². The fraction of sp³-hybridized carbons (Fsp3) is 0.0556. The first-order valence-corrected chi connectivity index (χ1v) is 7.71. The minimum Gasteiger partial charge on any atom is -0.472 e. The molecule has 2 aromatic rings. The van der Waals surface area contributed by atoms with Gasteiger partial charge in [0, 0.05) is 6.07 Å². The first kappa shape index (κ1) is 17.6. The molecule has 1 heterocycles. The van der Waals surface area contributed by atoms with Crippen LogP contribution in [-0.2, 0) is 9.59 Å². The summed E-state index contributed by atoms with van der Waals surface area (Å²) in [7, 11) is 0. The number of nitrogens with one attached hydrogen (secondary N) is 1. The summed E-state index contributed by atoms with van der Waals surface area (Å²) in [6, 6.07) is 14.2. The van der Waals surface area contributed by atoms with Gasteiger partial charge in [0.2, 0.25) is 0 Å². The third-order valence-corrected chi connectivity index (χ3v) is 3.69. The number of nitro groups is 1. The highest BCUT2D eigenvalue weighted by atomic mass is 16.6. The fourth-order valence-corrected chi connectivity index (χ4v) is 2.48. The normalized spacial score (nSPS) is 14.8. The number of carbonyl (C=O) groups excluding carboxylic acids is 2. The molecule has 0 unspecified atom stereocenters. The molecule has 1 aliphatic rings. The Kier molecular flexibility index (Phi) is 4.81. The summed E-state index contributed by atoms with van der Waals surface area (Å²) in [5.41, 5.74) is 2.69. The van der Waals surface area contributed by atoms with Crippen molar-refractivity contribution in [2.45, 2.75) is 0 Å². The van der Waals surface area contributed by atoms with Gasteiger partial charge in [0.15, 0.2) is 12.4 Å². The molecule has 0 radical (unpaired) electrons. The van der Waals surface area contributed by atoms with Crippen LogP contribution in [0.2, 0.25) is 0 Å². The van der Waals surface area contributed by atoms with Crippen LogP contribution in [0.25, 0.3) is 6.08 Å². The van der Waals surface area contributed by atoms with Gasteiger partial charge in [-0.25, -0.2) is 5.01 Å². The molecule has 27 heavy (non-hydrogen) atoms. The van der Waals surface area contributed by atoms with Crippen LogP contribution in [0.3, 0.4) is 0 Å². The number of para-hydroxylation sites is 1. The maximum absolute atomic E-state index is 12.5. The maximum atomic E-state index is 12.5. The van der Waals surface area contributed by atoms with Gasteiger partial charge in [-0.3, -0.25) is 25.1 Å². The molecule has 134 valence electrons. The number of nitriles is 1. The lowest BCUT2D eigenvalue weighted by Crippen LogP contribution is -2.35. The van der Waals surface area contributed by atoms with Gasteiger partial charge < -0.3 is 4.74 Å². The third kappa shape index (κ3) is 3.59.